The third-order valence-corrected chi connectivity index (χ3v) is 4.97. The van der Waals surface area contributed by atoms with E-state index in [1.54, 1.807) is 12.1 Å². The summed E-state index contributed by atoms with van der Waals surface area (Å²) >= 11 is 0. The minimum absolute atomic E-state index is 0.138. The smallest absolute Gasteiger partial charge is 0.123 e. The van der Waals surface area contributed by atoms with Crippen LogP contribution in [0.3, 0.4) is 0 Å². The lowest BCUT2D eigenvalue weighted by molar-refractivity contribution is 0.0846. The summed E-state index contributed by atoms with van der Waals surface area (Å²) in [4.78, 5) is 5.01. The molecule has 0 aromatic heterocycles. The van der Waals surface area contributed by atoms with Gasteiger partial charge in [0, 0.05) is 32.2 Å². The lowest BCUT2D eigenvalue weighted by atomic mass is 9.84. The second-order valence-electron chi connectivity index (χ2n) is 6.42. The molecule has 3 nitrogen and oxygen atoms in total. The third kappa shape index (κ3) is 3.62. The molecule has 1 N–H and O–H groups in total. The van der Waals surface area contributed by atoms with Gasteiger partial charge in [-0.3, -0.25) is 4.90 Å². The molecule has 1 aromatic rings. The van der Waals surface area contributed by atoms with Crippen LogP contribution in [0.2, 0.25) is 0 Å². The van der Waals surface area contributed by atoms with Crippen LogP contribution in [0.4, 0.5) is 4.39 Å². The Bertz CT molecular complexity index is 434. The first-order valence-electron chi connectivity index (χ1n) is 8.13. The van der Waals surface area contributed by atoms with Crippen LogP contribution in [0.15, 0.2) is 24.3 Å². The Kier molecular flexibility index (Phi) is 4.88. The highest BCUT2D eigenvalue weighted by Crippen LogP contribution is 2.35. The minimum Gasteiger partial charge on any atom is -0.314 e. The van der Waals surface area contributed by atoms with E-state index in [4.69, 9.17) is 0 Å². The summed E-state index contributed by atoms with van der Waals surface area (Å²) in [5.74, 6) is 0.547. The molecule has 0 aliphatic carbocycles. The molecule has 2 aliphatic heterocycles. The van der Waals surface area contributed by atoms with Gasteiger partial charge in [0.05, 0.1) is 0 Å². The molecule has 2 fully saturated rings. The first kappa shape index (κ1) is 14.9. The van der Waals surface area contributed by atoms with Gasteiger partial charge >= 0.3 is 0 Å². The van der Waals surface area contributed by atoms with Crippen molar-refractivity contribution in [3.8, 4) is 0 Å². The van der Waals surface area contributed by atoms with Gasteiger partial charge < -0.3 is 10.2 Å². The molecule has 2 aliphatic rings. The van der Waals surface area contributed by atoms with Crippen molar-refractivity contribution in [3.05, 3.63) is 35.6 Å². The second-order valence-corrected chi connectivity index (χ2v) is 6.42. The van der Waals surface area contributed by atoms with E-state index in [0.29, 0.717) is 12.0 Å². The minimum atomic E-state index is -0.138. The van der Waals surface area contributed by atoms with Crippen molar-refractivity contribution in [2.75, 3.05) is 46.3 Å². The van der Waals surface area contributed by atoms with Crippen molar-refractivity contribution >= 4 is 0 Å². The molecule has 0 saturated carbocycles. The molecule has 2 saturated heterocycles. The molecule has 0 spiro atoms. The maximum absolute atomic E-state index is 13.3. The van der Waals surface area contributed by atoms with Crippen LogP contribution < -0.4 is 5.32 Å². The first-order valence-corrected chi connectivity index (χ1v) is 8.13. The molecular formula is C17H26FN3. The maximum atomic E-state index is 13.3. The fraction of sp³-hybridized carbons (Fsp3) is 0.647. The van der Waals surface area contributed by atoms with Gasteiger partial charge in [0.2, 0.25) is 0 Å². The van der Waals surface area contributed by atoms with Gasteiger partial charge in [0.1, 0.15) is 5.82 Å². The van der Waals surface area contributed by atoms with Crippen molar-refractivity contribution in [3.63, 3.8) is 0 Å². The molecule has 0 radical (unpaired) electrons. The summed E-state index contributed by atoms with van der Waals surface area (Å²) < 4.78 is 13.3. The molecule has 21 heavy (non-hydrogen) atoms. The van der Waals surface area contributed by atoms with Gasteiger partial charge in [-0.1, -0.05) is 12.1 Å². The molecule has 4 heteroatoms. The molecule has 1 atom stereocenters. The quantitative estimate of drug-likeness (QED) is 0.920. The van der Waals surface area contributed by atoms with Crippen LogP contribution in [0.1, 0.15) is 24.4 Å². The van der Waals surface area contributed by atoms with Crippen LogP contribution in [-0.2, 0) is 0 Å². The topological polar surface area (TPSA) is 18.5 Å². The summed E-state index contributed by atoms with van der Waals surface area (Å²) in [5.41, 5.74) is 1.29. The summed E-state index contributed by atoms with van der Waals surface area (Å²) in [6, 6.07) is 7.64. The predicted octanol–water partition coefficient (Wildman–Crippen LogP) is 2.11. The van der Waals surface area contributed by atoms with Crippen molar-refractivity contribution < 1.29 is 4.39 Å². The molecular weight excluding hydrogens is 265 g/mol. The zero-order valence-corrected chi connectivity index (χ0v) is 12.9. The van der Waals surface area contributed by atoms with Gasteiger partial charge in [0.25, 0.3) is 0 Å². The Morgan fingerprint density at radius 3 is 2.29 bits per heavy atom. The fourth-order valence-electron chi connectivity index (χ4n) is 3.75. The van der Waals surface area contributed by atoms with Gasteiger partial charge in [-0.05, 0) is 56.6 Å². The lowest BCUT2D eigenvalue weighted by Gasteiger charge is -2.42. The summed E-state index contributed by atoms with van der Waals surface area (Å²) in [6.07, 6.45) is 2.48. The zero-order chi connectivity index (χ0) is 14.7. The van der Waals surface area contributed by atoms with E-state index in [1.165, 1.54) is 31.5 Å². The molecule has 1 aromatic carbocycles. The van der Waals surface area contributed by atoms with Crippen LogP contribution >= 0.6 is 0 Å². The number of likely N-dealkylation sites (tertiary alicyclic amines) is 1. The number of rotatable bonds is 3. The Balaban J connectivity index is 1.81. The molecule has 116 valence electrons. The Hall–Kier alpha value is -0.970. The van der Waals surface area contributed by atoms with E-state index < -0.39 is 0 Å². The number of piperazine rings is 1. The van der Waals surface area contributed by atoms with E-state index >= 15 is 0 Å². The number of halogens is 1. The average molecular weight is 291 g/mol. The molecule has 2 heterocycles. The zero-order valence-electron chi connectivity index (χ0n) is 12.9. The normalized spacial score (nSPS) is 24.1. The van der Waals surface area contributed by atoms with Crippen LogP contribution in [0.5, 0.6) is 0 Å². The van der Waals surface area contributed by atoms with Crippen LogP contribution in [-0.4, -0.2) is 56.1 Å². The Morgan fingerprint density at radius 1 is 1.05 bits per heavy atom. The highest BCUT2D eigenvalue weighted by atomic mass is 19.1. The SMILES string of the molecule is CN1CCC(C(c2ccc(F)cc2)N2CCNCC2)CC1. The summed E-state index contributed by atoms with van der Waals surface area (Å²) in [5, 5.41) is 3.43. The standard InChI is InChI=1S/C17H26FN3/c1-20-10-6-15(7-11-20)17(21-12-8-19-9-13-21)14-2-4-16(18)5-3-14/h2-5,15,17,19H,6-13H2,1H3. The number of hydrogen-bond acceptors (Lipinski definition) is 3. The largest absolute Gasteiger partial charge is 0.314 e. The van der Waals surface area contributed by atoms with Gasteiger partial charge in [-0.15, -0.1) is 0 Å². The first-order chi connectivity index (χ1) is 10.2. The Morgan fingerprint density at radius 2 is 1.67 bits per heavy atom. The van der Waals surface area contributed by atoms with E-state index in [9.17, 15) is 4.39 Å². The van der Waals surface area contributed by atoms with Gasteiger partial charge in [0.15, 0.2) is 0 Å². The number of nitrogens with zero attached hydrogens (tertiary/aromatic N) is 2. The van der Waals surface area contributed by atoms with E-state index in [2.05, 4.69) is 22.2 Å². The van der Waals surface area contributed by atoms with Crippen LogP contribution in [0, 0.1) is 11.7 Å². The molecule has 0 amide bonds. The monoisotopic (exact) mass is 291 g/mol. The highest BCUT2D eigenvalue weighted by Gasteiger charge is 2.31. The van der Waals surface area contributed by atoms with E-state index in [1.807, 2.05) is 12.1 Å². The van der Waals surface area contributed by atoms with Crippen molar-refractivity contribution in [2.45, 2.75) is 18.9 Å². The predicted molar refractivity (Wildman–Crippen MR) is 83.8 cm³/mol. The second kappa shape index (κ2) is 6.86. The van der Waals surface area contributed by atoms with Crippen molar-refractivity contribution in [1.29, 1.82) is 0 Å². The summed E-state index contributed by atoms with van der Waals surface area (Å²) in [7, 11) is 2.20. The summed E-state index contributed by atoms with van der Waals surface area (Å²) in [6.45, 7) is 6.65. The molecule has 0 bridgehead atoms. The molecule has 3 rings (SSSR count). The lowest BCUT2D eigenvalue weighted by Crippen LogP contribution is -2.48. The van der Waals surface area contributed by atoms with Gasteiger partial charge in [-0.2, -0.15) is 0 Å². The maximum Gasteiger partial charge on any atom is 0.123 e. The van der Waals surface area contributed by atoms with Crippen LogP contribution in [0.25, 0.3) is 0 Å². The fourth-order valence-corrected chi connectivity index (χ4v) is 3.75. The number of piperidine rings is 1. The van der Waals surface area contributed by atoms with Crippen molar-refractivity contribution in [2.24, 2.45) is 5.92 Å². The highest BCUT2D eigenvalue weighted by molar-refractivity contribution is 5.21. The molecule has 1 unspecified atom stereocenters. The van der Waals surface area contributed by atoms with Crippen molar-refractivity contribution in [1.82, 2.24) is 15.1 Å². The number of benzene rings is 1. The Labute approximate surface area is 127 Å². The third-order valence-electron chi connectivity index (χ3n) is 4.97. The number of nitrogens with one attached hydrogen (secondary N) is 1. The van der Waals surface area contributed by atoms with Gasteiger partial charge in [-0.25, -0.2) is 4.39 Å². The number of hydrogen-bond donors (Lipinski definition) is 1. The van der Waals surface area contributed by atoms with E-state index in [-0.39, 0.29) is 5.82 Å². The average Bonchev–Trinajstić information content (AvgIpc) is 2.52. The van der Waals surface area contributed by atoms with E-state index in [0.717, 1.165) is 26.2 Å².